The van der Waals surface area contributed by atoms with Gasteiger partial charge in [0.2, 0.25) is 0 Å². The molecule has 1 aromatic carbocycles. The van der Waals surface area contributed by atoms with Gasteiger partial charge in [-0.15, -0.1) is 0 Å². The van der Waals surface area contributed by atoms with Crippen molar-refractivity contribution in [1.82, 2.24) is 14.9 Å². The second kappa shape index (κ2) is 6.56. The molecule has 1 aromatic heterocycles. The fourth-order valence-corrected chi connectivity index (χ4v) is 3.60. The van der Waals surface area contributed by atoms with E-state index in [2.05, 4.69) is 22.1 Å². The van der Waals surface area contributed by atoms with E-state index in [0.717, 1.165) is 17.0 Å². The van der Waals surface area contributed by atoms with Crippen LogP contribution in [0.3, 0.4) is 0 Å². The molecule has 25 heavy (non-hydrogen) atoms. The fourth-order valence-electron chi connectivity index (χ4n) is 3.60. The number of rotatable bonds is 3. The van der Waals surface area contributed by atoms with Crippen LogP contribution in [0.5, 0.6) is 0 Å². The zero-order chi connectivity index (χ0) is 17.4. The third-order valence-corrected chi connectivity index (χ3v) is 5.17. The van der Waals surface area contributed by atoms with E-state index >= 15 is 0 Å². The van der Waals surface area contributed by atoms with Crippen molar-refractivity contribution < 1.29 is 9.53 Å². The van der Waals surface area contributed by atoms with E-state index < -0.39 is 0 Å². The second-order valence-electron chi connectivity index (χ2n) is 7.04. The maximum atomic E-state index is 13.2. The highest BCUT2D eigenvalue weighted by atomic mass is 16.5. The monoisotopic (exact) mass is 337 g/mol. The molecule has 0 N–H and O–H groups in total. The van der Waals surface area contributed by atoms with E-state index in [-0.39, 0.29) is 18.1 Å². The summed E-state index contributed by atoms with van der Waals surface area (Å²) < 4.78 is 6.35. The number of carbonyl (C=O) groups excluding carboxylic acids is 1. The number of nitrogens with zero attached hydrogens (tertiary/aromatic N) is 3. The van der Waals surface area contributed by atoms with Crippen LogP contribution in [0.15, 0.2) is 36.7 Å². The van der Waals surface area contributed by atoms with Crippen molar-refractivity contribution in [2.75, 3.05) is 13.1 Å². The van der Waals surface area contributed by atoms with Gasteiger partial charge in [-0.1, -0.05) is 30.3 Å². The molecule has 4 rings (SSSR count). The largest absolute Gasteiger partial charge is 0.366 e. The maximum Gasteiger partial charge on any atom is 0.257 e. The van der Waals surface area contributed by atoms with Gasteiger partial charge < -0.3 is 9.64 Å². The second-order valence-corrected chi connectivity index (χ2v) is 7.04. The number of ether oxygens (including phenoxy) is 1. The molecule has 130 valence electrons. The first-order chi connectivity index (χ1) is 12.1. The van der Waals surface area contributed by atoms with Crippen molar-refractivity contribution in [2.45, 2.75) is 38.9 Å². The molecule has 1 aliphatic heterocycles. The summed E-state index contributed by atoms with van der Waals surface area (Å²) in [6.45, 7) is 4.96. The molecule has 0 spiro atoms. The van der Waals surface area contributed by atoms with Gasteiger partial charge in [-0.3, -0.25) is 4.79 Å². The number of aromatic nitrogens is 2. The van der Waals surface area contributed by atoms with E-state index in [4.69, 9.17) is 4.74 Å². The van der Waals surface area contributed by atoms with Crippen molar-refractivity contribution in [3.05, 3.63) is 59.2 Å². The molecule has 2 heterocycles. The summed E-state index contributed by atoms with van der Waals surface area (Å²) in [5.41, 5.74) is 3.24. The van der Waals surface area contributed by atoms with Crippen LogP contribution in [0.2, 0.25) is 0 Å². The SMILES string of the molecule is Cc1ncnc(C)c1C(=O)N1C[C@@H](c2ccccc2)O[C@@H](C2CC2)C1. The zero-order valence-electron chi connectivity index (χ0n) is 14.7. The van der Waals surface area contributed by atoms with E-state index in [1.165, 1.54) is 19.2 Å². The summed E-state index contributed by atoms with van der Waals surface area (Å²) in [6, 6.07) is 10.2. The number of benzene rings is 1. The van der Waals surface area contributed by atoms with Crippen molar-refractivity contribution in [3.8, 4) is 0 Å². The minimum atomic E-state index is -0.0743. The Morgan fingerprint density at radius 1 is 1.08 bits per heavy atom. The average Bonchev–Trinajstić information content (AvgIpc) is 3.47. The van der Waals surface area contributed by atoms with Crippen LogP contribution in [0.25, 0.3) is 0 Å². The number of amides is 1. The van der Waals surface area contributed by atoms with Crippen LogP contribution >= 0.6 is 0 Å². The summed E-state index contributed by atoms with van der Waals surface area (Å²) >= 11 is 0. The molecule has 2 atom stereocenters. The summed E-state index contributed by atoms with van der Waals surface area (Å²) in [5.74, 6) is 0.599. The van der Waals surface area contributed by atoms with Gasteiger partial charge >= 0.3 is 0 Å². The Hall–Kier alpha value is -2.27. The number of carbonyl (C=O) groups is 1. The van der Waals surface area contributed by atoms with E-state index in [1.807, 2.05) is 36.9 Å². The fraction of sp³-hybridized carbons (Fsp3) is 0.450. The quantitative estimate of drug-likeness (QED) is 0.864. The van der Waals surface area contributed by atoms with Crippen LogP contribution in [-0.2, 0) is 4.74 Å². The molecule has 2 fully saturated rings. The first-order valence-corrected chi connectivity index (χ1v) is 8.91. The molecule has 1 saturated heterocycles. The van der Waals surface area contributed by atoms with Gasteiger partial charge in [-0.05, 0) is 38.2 Å². The summed E-state index contributed by atoms with van der Waals surface area (Å²) in [6.07, 6.45) is 3.95. The predicted molar refractivity (Wildman–Crippen MR) is 94.2 cm³/mol. The zero-order valence-corrected chi connectivity index (χ0v) is 14.7. The summed E-state index contributed by atoms with van der Waals surface area (Å²) in [7, 11) is 0. The molecule has 5 nitrogen and oxygen atoms in total. The highest BCUT2D eigenvalue weighted by Crippen LogP contribution is 2.39. The molecule has 5 heteroatoms. The minimum Gasteiger partial charge on any atom is -0.366 e. The van der Waals surface area contributed by atoms with Gasteiger partial charge in [0.1, 0.15) is 12.4 Å². The first-order valence-electron chi connectivity index (χ1n) is 8.91. The molecule has 1 aliphatic carbocycles. The Bertz CT molecular complexity index is 754. The van der Waals surface area contributed by atoms with Crippen molar-refractivity contribution >= 4 is 5.91 Å². The lowest BCUT2D eigenvalue weighted by molar-refractivity contribution is -0.0864. The predicted octanol–water partition coefficient (Wildman–Crippen LogP) is 3.09. The van der Waals surface area contributed by atoms with Gasteiger partial charge in [0.25, 0.3) is 5.91 Å². The Morgan fingerprint density at radius 3 is 2.40 bits per heavy atom. The smallest absolute Gasteiger partial charge is 0.257 e. The van der Waals surface area contributed by atoms with Gasteiger partial charge in [0, 0.05) is 6.54 Å². The molecule has 0 unspecified atom stereocenters. The van der Waals surface area contributed by atoms with E-state index in [1.54, 1.807) is 0 Å². The molecule has 2 aromatic rings. The summed E-state index contributed by atoms with van der Waals surface area (Å²) in [5, 5.41) is 0. The van der Waals surface area contributed by atoms with Gasteiger partial charge in [0.05, 0.1) is 29.6 Å². The highest BCUT2D eigenvalue weighted by molar-refractivity contribution is 5.96. The number of hydrogen-bond acceptors (Lipinski definition) is 4. The third-order valence-electron chi connectivity index (χ3n) is 5.17. The average molecular weight is 337 g/mol. The van der Waals surface area contributed by atoms with Crippen LogP contribution in [0.4, 0.5) is 0 Å². The Kier molecular flexibility index (Phi) is 4.25. The van der Waals surface area contributed by atoms with Crippen LogP contribution in [0.1, 0.15) is 46.3 Å². The molecule has 0 radical (unpaired) electrons. The van der Waals surface area contributed by atoms with Crippen molar-refractivity contribution in [1.29, 1.82) is 0 Å². The molecule has 2 aliphatic rings. The van der Waals surface area contributed by atoms with Gasteiger partial charge in [-0.25, -0.2) is 9.97 Å². The summed E-state index contributed by atoms with van der Waals surface area (Å²) in [4.78, 5) is 23.5. The van der Waals surface area contributed by atoms with Crippen molar-refractivity contribution in [3.63, 3.8) is 0 Å². The lowest BCUT2D eigenvalue weighted by Gasteiger charge is -2.39. The van der Waals surface area contributed by atoms with Crippen LogP contribution in [-0.4, -0.2) is 40.0 Å². The molecule has 1 amide bonds. The molecular formula is C20H23N3O2. The number of aryl methyl sites for hydroxylation is 2. The lowest BCUT2D eigenvalue weighted by atomic mass is 10.0. The molecule has 1 saturated carbocycles. The first kappa shape index (κ1) is 16.2. The standard InChI is InChI=1S/C20H23N3O2/c1-13-19(14(2)22-12-21-13)20(24)23-10-17(15-6-4-3-5-7-15)25-18(11-23)16-8-9-16/h3-7,12,16-18H,8-11H2,1-2H3/t17-,18+/m0/s1. The molecule has 0 bridgehead atoms. The van der Waals surface area contributed by atoms with Gasteiger partial charge in [-0.2, -0.15) is 0 Å². The lowest BCUT2D eigenvalue weighted by Crippen LogP contribution is -2.48. The Balaban J connectivity index is 1.62. The Morgan fingerprint density at radius 2 is 1.76 bits per heavy atom. The Labute approximate surface area is 148 Å². The third kappa shape index (κ3) is 3.29. The molecular weight excluding hydrogens is 314 g/mol. The highest BCUT2D eigenvalue weighted by Gasteiger charge is 2.40. The normalized spacial score (nSPS) is 23.5. The van der Waals surface area contributed by atoms with Gasteiger partial charge in [0.15, 0.2) is 0 Å². The number of morpholine rings is 1. The topological polar surface area (TPSA) is 55.3 Å². The van der Waals surface area contributed by atoms with Crippen LogP contribution in [0, 0.1) is 19.8 Å². The van der Waals surface area contributed by atoms with Crippen LogP contribution < -0.4 is 0 Å². The maximum absolute atomic E-state index is 13.2. The number of hydrogen-bond donors (Lipinski definition) is 0. The minimum absolute atomic E-state index is 0.0190. The van der Waals surface area contributed by atoms with E-state index in [9.17, 15) is 4.79 Å². The van der Waals surface area contributed by atoms with E-state index in [0.29, 0.717) is 24.6 Å². The van der Waals surface area contributed by atoms with Crippen molar-refractivity contribution in [2.24, 2.45) is 5.92 Å².